The Balaban J connectivity index is 0.000000321. The topological polar surface area (TPSA) is 126 Å². The van der Waals surface area contributed by atoms with Crippen molar-refractivity contribution in [2.45, 2.75) is 32.1 Å². The average Bonchev–Trinajstić information content (AvgIpc) is 3.03. The number of piperidine rings is 1. The van der Waals surface area contributed by atoms with Gasteiger partial charge in [-0.05, 0) is 62.7 Å². The van der Waals surface area contributed by atoms with Crippen LogP contribution in [0.1, 0.15) is 48.0 Å². The second-order valence-electron chi connectivity index (χ2n) is 7.09. The minimum Gasteiger partial charge on any atom is -0.478 e. The number of nitrogens with zero attached hydrogens (tertiary/aromatic N) is 2. The first-order valence-corrected chi connectivity index (χ1v) is 9.48. The zero-order chi connectivity index (χ0) is 21.6. The molecular formula is C21H27N3O5. The fourth-order valence-corrected chi connectivity index (χ4v) is 3.45. The van der Waals surface area contributed by atoms with E-state index in [1.165, 1.54) is 5.56 Å². The SMILES string of the molecule is CCC(=O)c1ccc2c(c1)c(C1CCN(C)CC1)cn2N.O=C(O)/C=C/C(=O)O. The Bertz CT molecular complexity index is 908. The number of aliphatic carboxylic acids is 2. The highest BCUT2D eigenvalue weighted by Crippen LogP contribution is 2.34. The molecule has 156 valence electrons. The largest absolute Gasteiger partial charge is 0.478 e. The van der Waals surface area contributed by atoms with Gasteiger partial charge in [0.2, 0.25) is 0 Å². The van der Waals surface area contributed by atoms with E-state index in [1.54, 1.807) is 4.68 Å². The number of hydrogen-bond acceptors (Lipinski definition) is 5. The van der Waals surface area contributed by atoms with Crippen LogP contribution >= 0.6 is 0 Å². The number of nitrogen functional groups attached to an aromatic ring is 1. The fourth-order valence-electron chi connectivity index (χ4n) is 3.45. The Morgan fingerprint density at radius 1 is 1.14 bits per heavy atom. The van der Waals surface area contributed by atoms with Crippen molar-refractivity contribution in [3.63, 3.8) is 0 Å². The molecule has 2 heterocycles. The lowest BCUT2D eigenvalue weighted by Gasteiger charge is -2.28. The Labute approximate surface area is 169 Å². The van der Waals surface area contributed by atoms with Gasteiger partial charge in [0.05, 0.1) is 5.52 Å². The smallest absolute Gasteiger partial charge is 0.328 e. The highest BCUT2D eigenvalue weighted by atomic mass is 16.4. The summed E-state index contributed by atoms with van der Waals surface area (Å²) in [5.74, 6) is 4.31. The number of rotatable bonds is 5. The lowest BCUT2D eigenvalue weighted by Crippen LogP contribution is -2.29. The third kappa shape index (κ3) is 5.92. The summed E-state index contributed by atoms with van der Waals surface area (Å²) in [5, 5.41) is 16.8. The molecule has 1 aromatic carbocycles. The number of Topliss-reactive ketones (excluding diaryl/α,β-unsaturated/α-hetero) is 1. The van der Waals surface area contributed by atoms with E-state index < -0.39 is 11.9 Å². The van der Waals surface area contributed by atoms with E-state index in [4.69, 9.17) is 16.1 Å². The second-order valence-corrected chi connectivity index (χ2v) is 7.09. The van der Waals surface area contributed by atoms with Gasteiger partial charge in [-0.15, -0.1) is 0 Å². The van der Waals surface area contributed by atoms with Crippen LogP contribution in [-0.4, -0.2) is 57.6 Å². The van der Waals surface area contributed by atoms with Gasteiger partial charge in [0.25, 0.3) is 0 Å². The highest BCUT2D eigenvalue weighted by Gasteiger charge is 2.22. The summed E-state index contributed by atoms with van der Waals surface area (Å²) in [4.78, 5) is 33.4. The molecule has 8 heteroatoms. The summed E-state index contributed by atoms with van der Waals surface area (Å²) in [6, 6.07) is 5.88. The fraction of sp³-hybridized carbons (Fsp3) is 0.381. The molecule has 8 nitrogen and oxygen atoms in total. The van der Waals surface area contributed by atoms with Crippen molar-refractivity contribution in [3.8, 4) is 0 Å². The first-order valence-electron chi connectivity index (χ1n) is 9.48. The molecule has 0 aliphatic carbocycles. The normalized spacial score (nSPS) is 15.2. The minimum atomic E-state index is -1.26. The molecule has 0 atom stereocenters. The molecule has 0 unspecified atom stereocenters. The van der Waals surface area contributed by atoms with Crippen LogP contribution in [0.2, 0.25) is 0 Å². The number of carbonyl (C=O) groups is 3. The van der Waals surface area contributed by atoms with Crippen LogP contribution in [0.4, 0.5) is 0 Å². The number of nitrogens with two attached hydrogens (primary N) is 1. The summed E-state index contributed by atoms with van der Waals surface area (Å²) in [6.07, 6.45) is 6.01. The van der Waals surface area contributed by atoms with Crippen molar-refractivity contribution >= 4 is 28.6 Å². The number of fused-ring (bicyclic) bond motifs is 1. The van der Waals surface area contributed by atoms with Crippen molar-refractivity contribution in [2.75, 3.05) is 26.0 Å². The Hall–Kier alpha value is -3.13. The summed E-state index contributed by atoms with van der Waals surface area (Å²) in [5.41, 5.74) is 3.10. The Kier molecular flexibility index (Phi) is 7.55. The van der Waals surface area contributed by atoms with Crippen LogP contribution in [0, 0.1) is 0 Å². The predicted octanol–water partition coefficient (Wildman–Crippen LogP) is 2.47. The molecule has 0 spiro atoms. The summed E-state index contributed by atoms with van der Waals surface area (Å²) in [6.45, 7) is 4.14. The minimum absolute atomic E-state index is 0.191. The molecule has 4 N–H and O–H groups in total. The number of carboxylic acid groups (broad SMARTS) is 2. The van der Waals surface area contributed by atoms with E-state index in [1.807, 2.05) is 31.3 Å². The van der Waals surface area contributed by atoms with Gasteiger partial charge in [-0.3, -0.25) is 9.47 Å². The summed E-state index contributed by atoms with van der Waals surface area (Å²) in [7, 11) is 2.17. The van der Waals surface area contributed by atoms with Crippen LogP contribution in [0.5, 0.6) is 0 Å². The van der Waals surface area contributed by atoms with Gasteiger partial charge < -0.3 is 21.0 Å². The monoisotopic (exact) mass is 401 g/mol. The average molecular weight is 401 g/mol. The number of carboxylic acids is 2. The molecule has 0 saturated carbocycles. The van der Waals surface area contributed by atoms with Crippen LogP contribution in [0.3, 0.4) is 0 Å². The molecule has 1 saturated heterocycles. The summed E-state index contributed by atoms with van der Waals surface area (Å²) >= 11 is 0. The van der Waals surface area contributed by atoms with Gasteiger partial charge in [-0.25, -0.2) is 9.59 Å². The first-order chi connectivity index (χ1) is 13.7. The number of hydrogen-bond donors (Lipinski definition) is 3. The van der Waals surface area contributed by atoms with Gasteiger partial charge in [-0.2, -0.15) is 0 Å². The third-order valence-electron chi connectivity index (χ3n) is 5.03. The van der Waals surface area contributed by atoms with E-state index in [9.17, 15) is 14.4 Å². The van der Waals surface area contributed by atoms with E-state index in [-0.39, 0.29) is 5.78 Å². The van der Waals surface area contributed by atoms with Crippen LogP contribution in [0.15, 0.2) is 36.5 Å². The number of aromatic nitrogens is 1. The molecule has 1 fully saturated rings. The van der Waals surface area contributed by atoms with Gasteiger partial charge in [0, 0.05) is 35.7 Å². The summed E-state index contributed by atoms with van der Waals surface area (Å²) < 4.78 is 1.70. The zero-order valence-electron chi connectivity index (χ0n) is 16.7. The molecule has 2 aromatic rings. The molecule has 1 aliphatic rings. The molecule has 3 rings (SSSR count). The van der Waals surface area contributed by atoms with Gasteiger partial charge >= 0.3 is 11.9 Å². The predicted molar refractivity (Wildman–Crippen MR) is 111 cm³/mol. The highest BCUT2D eigenvalue weighted by molar-refractivity contribution is 6.00. The molecule has 0 radical (unpaired) electrons. The molecule has 29 heavy (non-hydrogen) atoms. The maximum absolute atomic E-state index is 11.9. The van der Waals surface area contributed by atoms with Gasteiger partial charge in [0.15, 0.2) is 5.78 Å². The van der Waals surface area contributed by atoms with Crippen molar-refractivity contribution in [3.05, 3.63) is 47.7 Å². The molecule has 1 aromatic heterocycles. The maximum Gasteiger partial charge on any atom is 0.328 e. The van der Waals surface area contributed by atoms with Crippen molar-refractivity contribution in [1.29, 1.82) is 0 Å². The maximum atomic E-state index is 11.9. The number of ketones is 1. The van der Waals surface area contributed by atoms with Crippen LogP contribution in [0.25, 0.3) is 10.9 Å². The molecule has 0 bridgehead atoms. The Morgan fingerprint density at radius 3 is 2.24 bits per heavy atom. The number of carbonyl (C=O) groups excluding carboxylic acids is 1. The van der Waals surface area contributed by atoms with Crippen LogP contribution < -0.4 is 5.84 Å². The third-order valence-corrected chi connectivity index (χ3v) is 5.03. The van der Waals surface area contributed by atoms with E-state index >= 15 is 0 Å². The lowest BCUT2D eigenvalue weighted by atomic mass is 9.89. The molecule has 1 aliphatic heterocycles. The van der Waals surface area contributed by atoms with E-state index in [0.717, 1.165) is 42.4 Å². The van der Waals surface area contributed by atoms with E-state index in [0.29, 0.717) is 24.5 Å². The first kappa shape index (κ1) is 22.2. The molecule has 0 amide bonds. The lowest BCUT2D eigenvalue weighted by molar-refractivity contribution is -0.134. The second kappa shape index (κ2) is 9.88. The quantitative estimate of drug-likeness (QED) is 0.399. The van der Waals surface area contributed by atoms with Crippen molar-refractivity contribution in [1.82, 2.24) is 9.58 Å². The standard InChI is InChI=1S/C17H23N3O.C4H4O4/c1-3-17(21)13-4-5-16-14(10-13)15(11-20(16)18)12-6-8-19(2)9-7-12;5-3(6)1-2-4(7)8/h4-5,10-12H,3,6-9,18H2,1-2H3;1-2H,(H,5,6)(H,7,8)/b;2-1+. The number of likely N-dealkylation sites (tertiary alicyclic amines) is 1. The zero-order valence-corrected chi connectivity index (χ0v) is 16.7. The number of benzene rings is 1. The van der Waals surface area contributed by atoms with E-state index in [2.05, 4.69) is 11.9 Å². The van der Waals surface area contributed by atoms with Gasteiger partial charge in [0.1, 0.15) is 0 Å². The van der Waals surface area contributed by atoms with Gasteiger partial charge in [-0.1, -0.05) is 6.92 Å². The van der Waals surface area contributed by atoms with Crippen molar-refractivity contribution in [2.24, 2.45) is 0 Å². The Morgan fingerprint density at radius 2 is 1.72 bits per heavy atom. The van der Waals surface area contributed by atoms with Crippen LogP contribution in [-0.2, 0) is 9.59 Å². The molecular weight excluding hydrogens is 374 g/mol. The van der Waals surface area contributed by atoms with Crippen molar-refractivity contribution < 1.29 is 24.6 Å².